The lowest BCUT2D eigenvalue weighted by Gasteiger charge is -2.36. The Morgan fingerprint density at radius 2 is 2.11 bits per heavy atom. The van der Waals surface area contributed by atoms with Crippen molar-refractivity contribution in [3.8, 4) is 0 Å². The molecule has 5 heteroatoms. The molecule has 104 valence electrons. The molecule has 1 amide bonds. The molecule has 0 saturated carbocycles. The molecule has 1 N–H and O–H groups in total. The lowest BCUT2D eigenvalue weighted by molar-refractivity contribution is -0.124. The van der Waals surface area contributed by atoms with Gasteiger partial charge in [-0.1, -0.05) is 15.9 Å². The van der Waals surface area contributed by atoms with Crippen molar-refractivity contribution < 1.29 is 14.3 Å². The van der Waals surface area contributed by atoms with E-state index in [4.69, 9.17) is 9.47 Å². The molecule has 2 rings (SSSR count). The van der Waals surface area contributed by atoms with E-state index in [1.165, 1.54) is 0 Å². The van der Waals surface area contributed by atoms with Crippen LogP contribution >= 0.6 is 15.9 Å². The van der Waals surface area contributed by atoms with Gasteiger partial charge < -0.3 is 14.8 Å². The van der Waals surface area contributed by atoms with E-state index in [1.54, 1.807) is 0 Å². The van der Waals surface area contributed by atoms with Gasteiger partial charge in [0, 0.05) is 31.6 Å². The topological polar surface area (TPSA) is 47.6 Å². The van der Waals surface area contributed by atoms with Gasteiger partial charge in [-0.2, -0.15) is 0 Å². The normalized spacial score (nSPS) is 27.1. The van der Waals surface area contributed by atoms with Gasteiger partial charge >= 0.3 is 0 Å². The summed E-state index contributed by atoms with van der Waals surface area (Å²) in [5, 5.41) is 3.99. The quantitative estimate of drug-likeness (QED) is 0.788. The lowest BCUT2D eigenvalue weighted by atomic mass is 9.92. The monoisotopic (exact) mass is 319 g/mol. The Hall–Kier alpha value is -0.130. The minimum atomic E-state index is -0.105. The zero-order chi connectivity index (χ0) is 12.8. The Morgan fingerprint density at radius 3 is 2.72 bits per heavy atom. The fourth-order valence-electron chi connectivity index (χ4n) is 2.58. The first kappa shape index (κ1) is 14.3. The molecule has 0 aliphatic carbocycles. The predicted molar refractivity (Wildman–Crippen MR) is 72.9 cm³/mol. The van der Waals surface area contributed by atoms with Gasteiger partial charge in [-0.25, -0.2) is 0 Å². The fraction of sp³-hybridized carbons (Fsp3) is 0.923. The van der Waals surface area contributed by atoms with Crippen LogP contribution < -0.4 is 5.32 Å². The number of carbonyl (C=O) groups is 1. The number of halogens is 1. The van der Waals surface area contributed by atoms with Crippen molar-refractivity contribution in [1.29, 1.82) is 0 Å². The summed E-state index contributed by atoms with van der Waals surface area (Å²) in [4.78, 5) is 12.0. The van der Waals surface area contributed by atoms with Gasteiger partial charge in [-0.3, -0.25) is 4.79 Å². The molecule has 0 radical (unpaired) electrons. The van der Waals surface area contributed by atoms with Crippen molar-refractivity contribution in [3.05, 3.63) is 0 Å². The molecule has 2 fully saturated rings. The summed E-state index contributed by atoms with van der Waals surface area (Å²) >= 11 is 3.52. The van der Waals surface area contributed by atoms with Crippen LogP contribution in [-0.4, -0.2) is 42.7 Å². The van der Waals surface area contributed by atoms with Gasteiger partial charge in [-0.05, 0) is 32.1 Å². The van der Waals surface area contributed by atoms with Crippen LogP contribution in [0.1, 0.15) is 38.5 Å². The van der Waals surface area contributed by atoms with Crippen LogP contribution in [0.4, 0.5) is 0 Å². The average molecular weight is 320 g/mol. The molecule has 2 saturated heterocycles. The Labute approximate surface area is 117 Å². The maximum absolute atomic E-state index is 12.0. The molecule has 4 nitrogen and oxygen atoms in total. The van der Waals surface area contributed by atoms with Gasteiger partial charge in [0.15, 0.2) is 0 Å². The number of ether oxygens (including phenoxy) is 2. The summed E-state index contributed by atoms with van der Waals surface area (Å²) < 4.78 is 10.9. The summed E-state index contributed by atoms with van der Waals surface area (Å²) in [6, 6.07) is 0. The zero-order valence-electron chi connectivity index (χ0n) is 10.8. The van der Waals surface area contributed by atoms with E-state index in [2.05, 4.69) is 21.2 Å². The highest BCUT2D eigenvalue weighted by Crippen LogP contribution is 2.23. The molecule has 1 atom stereocenters. The van der Waals surface area contributed by atoms with E-state index in [0.717, 1.165) is 57.3 Å². The van der Waals surface area contributed by atoms with Gasteiger partial charge in [0.1, 0.15) is 0 Å². The largest absolute Gasteiger partial charge is 0.381 e. The number of amides is 1. The number of rotatable bonds is 5. The van der Waals surface area contributed by atoms with E-state index in [1.807, 2.05) is 0 Å². The Morgan fingerprint density at radius 1 is 1.33 bits per heavy atom. The Kier molecular flexibility index (Phi) is 5.45. The van der Waals surface area contributed by atoms with Crippen molar-refractivity contribution in [1.82, 2.24) is 5.32 Å². The van der Waals surface area contributed by atoms with Crippen LogP contribution in [-0.2, 0) is 14.3 Å². The third kappa shape index (κ3) is 3.93. The van der Waals surface area contributed by atoms with Crippen LogP contribution in [0, 0.1) is 0 Å². The Balaban J connectivity index is 1.74. The van der Waals surface area contributed by atoms with Gasteiger partial charge in [0.05, 0.1) is 11.6 Å². The maximum atomic E-state index is 12.0. The summed E-state index contributed by atoms with van der Waals surface area (Å²) in [5.41, 5.74) is -0.105. The molecule has 0 aromatic carbocycles. The number of hydrogen-bond acceptors (Lipinski definition) is 3. The zero-order valence-corrected chi connectivity index (χ0v) is 12.3. The fourth-order valence-corrected chi connectivity index (χ4v) is 3.28. The second kappa shape index (κ2) is 6.87. The van der Waals surface area contributed by atoms with Crippen LogP contribution in [0.25, 0.3) is 0 Å². The van der Waals surface area contributed by atoms with E-state index in [-0.39, 0.29) is 11.4 Å². The SMILES string of the molecule is O=C(CCC1CCCO1)NC1(CBr)CCOCC1. The van der Waals surface area contributed by atoms with Crippen LogP contribution in [0.5, 0.6) is 0 Å². The molecule has 0 spiro atoms. The van der Waals surface area contributed by atoms with Crippen molar-refractivity contribution in [2.75, 3.05) is 25.2 Å². The first-order valence-corrected chi connectivity index (χ1v) is 7.93. The highest BCUT2D eigenvalue weighted by atomic mass is 79.9. The summed E-state index contributed by atoms with van der Waals surface area (Å²) in [6.07, 6.45) is 5.74. The van der Waals surface area contributed by atoms with E-state index in [0.29, 0.717) is 12.5 Å². The molecule has 0 aromatic rings. The van der Waals surface area contributed by atoms with Crippen molar-refractivity contribution >= 4 is 21.8 Å². The molecule has 2 aliphatic heterocycles. The number of alkyl halides is 1. The maximum Gasteiger partial charge on any atom is 0.220 e. The second-order valence-electron chi connectivity index (χ2n) is 5.25. The number of nitrogens with one attached hydrogen (secondary N) is 1. The molecule has 2 heterocycles. The van der Waals surface area contributed by atoms with Crippen molar-refractivity contribution in [3.63, 3.8) is 0 Å². The molecular weight excluding hydrogens is 298 g/mol. The standard InChI is InChI=1S/C13H22BrNO3/c14-10-13(5-8-17-9-6-13)15-12(16)4-3-11-2-1-7-18-11/h11H,1-10H2,(H,15,16). The Bertz CT molecular complexity index is 273. The summed E-state index contributed by atoms with van der Waals surface area (Å²) in [6.45, 7) is 2.32. The van der Waals surface area contributed by atoms with E-state index < -0.39 is 0 Å². The second-order valence-corrected chi connectivity index (χ2v) is 5.81. The average Bonchev–Trinajstić information content (AvgIpc) is 2.91. The van der Waals surface area contributed by atoms with Crippen LogP contribution in [0.2, 0.25) is 0 Å². The molecule has 18 heavy (non-hydrogen) atoms. The minimum absolute atomic E-state index is 0.105. The highest BCUT2D eigenvalue weighted by Gasteiger charge is 2.33. The molecule has 1 unspecified atom stereocenters. The number of carbonyl (C=O) groups excluding carboxylic acids is 1. The highest BCUT2D eigenvalue weighted by molar-refractivity contribution is 9.09. The number of hydrogen-bond donors (Lipinski definition) is 1. The molecule has 2 aliphatic rings. The van der Waals surface area contributed by atoms with Crippen molar-refractivity contribution in [2.24, 2.45) is 0 Å². The lowest BCUT2D eigenvalue weighted by Crippen LogP contribution is -2.53. The first-order valence-electron chi connectivity index (χ1n) is 6.80. The third-order valence-corrected chi connectivity index (χ3v) is 4.90. The van der Waals surface area contributed by atoms with Gasteiger partial charge in [0.25, 0.3) is 0 Å². The third-order valence-electron chi connectivity index (χ3n) is 3.83. The first-order chi connectivity index (χ1) is 8.74. The van der Waals surface area contributed by atoms with E-state index in [9.17, 15) is 4.79 Å². The van der Waals surface area contributed by atoms with E-state index >= 15 is 0 Å². The van der Waals surface area contributed by atoms with Crippen LogP contribution in [0.15, 0.2) is 0 Å². The van der Waals surface area contributed by atoms with Gasteiger partial charge in [-0.15, -0.1) is 0 Å². The summed E-state index contributed by atoms with van der Waals surface area (Å²) in [5.74, 6) is 0.145. The van der Waals surface area contributed by atoms with Gasteiger partial charge in [0.2, 0.25) is 5.91 Å². The molecule has 0 bridgehead atoms. The molecular formula is C13H22BrNO3. The predicted octanol–water partition coefficient (Wildman–Crippen LogP) is 2.01. The summed E-state index contributed by atoms with van der Waals surface area (Å²) in [7, 11) is 0. The smallest absolute Gasteiger partial charge is 0.220 e. The van der Waals surface area contributed by atoms with Crippen molar-refractivity contribution in [2.45, 2.75) is 50.2 Å². The molecule has 0 aromatic heterocycles. The van der Waals surface area contributed by atoms with Crippen LogP contribution in [0.3, 0.4) is 0 Å². The minimum Gasteiger partial charge on any atom is -0.381 e.